The molecular formula is C26H23F2N5. The summed E-state index contributed by atoms with van der Waals surface area (Å²) in [6, 6.07) is 11.4. The summed E-state index contributed by atoms with van der Waals surface area (Å²) in [5.74, 6) is -0.329. The van der Waals surface area contributed by atoms with Crippen LogP contribution in [0.2, 0.25) is 0 Å². The van der Waals surface area contributed by atoms with Crippen LogP contribution in [0, 0.1) is 18.6 Å². The number of nitrogen functional groups attached to an aromatic ring is 2. The number of aryl methyl sites for hydroxylation is 1. The van der Waals surface area contributed by atoms with Crippen molar-refractivity contribution < 1.29 is 8.78 Å². The molecule has 0 radical (unpaired) electrons. The van der Waals surface area contributed by atoms with Crippen LogP contribution in [0.1, 0.15) is 28.3 Å². The summed E-state index contributed by atoms with van der Waals surface area (Å²) in [6.45, 7) is 5.57. The summed E-state index contributed by atoms with van der Waals surface area (Å²) in [4.78, 5) is 11.9. The van der Waals surface area contributed by atoms with Gasteiger partial charge in [0.2, 0.25) is 0 Å². The highest BCUT2D eigenvalue weighted by Gasteiger charge is 2.19. The van der Waals surface area contributed by atoms with Crippen molar-refractivity contribution in [2.24, 2.45) is 0 Å². The summed E-state index contributed by atoms with van der Waals surface area (Å²) >= 11 is 0. The Labute approximate surface area is 190 Å². The minimum atomic E-state index is -0.464. The lowest BCUT2D eigenvalue weighted by Crippen LogP contribution is -2.03. The lowest BCUT2D eigenvalue weighted by molar-refractivity contribution is 0.617. The number of imidazole rings is 1. The Bertz CT molecular complexity index is 1370. The molecule has 7 heteroatoms. The van der Waals surface area contributed by atoms with Gasteiger partial charge in [0, 0.05) is 58.0 Å². The second-order valence-corrected chi connectivity index (χ2v) is 7.63. The van der Waals surface area contributed by atoms with E-state index in [1.54, 1.807) is 54.7 Å². The van der Waals surface area contributed by atoms with Gasteiger partial charge >= 0.3 is 0 Å². The first-order valence-corrected chi connectivity index (χ1v) is 10.3. The first-order chi connectivity index (χ1) is 15.9. The largest absolute Gasteiger partial charge is 0.398 e. The molecule has 0 bridgehead atoms. The quantitative estimate of drug-likeness (QED) is 0.274. The monoisotopic (exact) mass is 443 g/mol. The molecule has 4 rings (SSSR count). The maximum absolute atomic E-state index is 15.5. The van der Waals surface area contributed by atoms with Crippen molar-refractivity contribution in [1.82, 2.24) is 15.0 Å². The lowest BCUT2D eigenvalue weighted by atomic mass is 9.99. The number of aromatic nitrogens is 3. The van der Waals surface area contributed by atoms with E-state index in [-0.39, 0.29) is 12.2 Å². The molecule has 0 aliphatic heterocycles. The molecule has 0 saturated heterocycles. The summed E-state index contributed by atoms with van der Waals surface area (Å²) in [5, 5.41) is 0. The van der Waals surface area contributed by atoms with Crippen LogP contribution in [0.4, 0.5) is 20.2 Å². The Balaban J connectivity index is 1.74. The molecule has 2 aromatic heterocycles. The van der Waals surface area contributed by atoms with Gasteiger partial charge in [0.15, 0.2) is 0 Å². The van der Waals surface area contributed by atoms with Crippen molar-refractivity contribution in [3.8, 4) is 11.1 Å². The third kappa shape index (κ3) is 4.39. The number of hydrogen-bond donors (Lipinski definition) is 3. The van der Waals surface area contributed by atoms with E-state index in [0.717, 1.165) is 5.69 Å². The summed E-state index contributed by atoms with van der Waals surface area (Å²) < 4.78 is 30.0. The zero-order chi connectivity index (χ0) is 23.5. The summed E-state index contributed by atoms with van der Waals surface area (Å²) in [7, 11) is 0. The van der Waals surface area contributed by atoms with Gasteiger partial charge in [-0.15, -0.1) is 0 Å². The zero-order valence-electron chi connectivity index (χ0n) is 18.1. The number of aromatic amines is 1. The van der Waals surface area contributed by atoms with E-state index >= 15 is 4.39 Å². The number of H-pyrrole nitrogens is 1. The predicted octanol–water partition coefficient (Wildman–Crippen LogP) is 5.43. The Hall–Kier alpha value is -4.26. The number of nitrogens with one attached hydrogen (secondary N) is 1. The van der Waals surface area contributed by atoms with Crippen LogP contribution in [-0.2, 0) is 6.42 Å². The van der Waals surface area contributed by atoms with E-state index < -0.39 is 5.82 Å². The van der Waals surface area contributed by atoms with E-state index in [9.17, 15) is 4.39 Å². The van der Waals surface area contributed by atoms with Crippen LogP contribution < -0.4 is 11.5 Å². The van der Waals surface area contributed by atoms with E-state index in [1.165, 1.54) is 12.3 Å². The number of pyridine rings is 1. The second kappa shape index (κ2) is 9.08. The van der Waals surface area contributed by atoms with E-state index in [2.05, 4.69) is 21.5 Å². The Morgan fingerprint density at radius 1 is 1.12 bits per heavy atom. The normalized spacial score (nSPS) is 11.5. The van der Waals surface area contributed by atoms with Gasteiger partial charge in [0.25, 0.3) is 0 Å². The standard InChI is InChI=1S/C26H23F2N5/c1-3-6-20(19-7-4-5-8-22(19)27)26-15(2)32-24(33-26)12-21-23(30)10-9-18(25(21)28)16-11-17(29)14-31-13-16/h3-11,13-14H,1,12,29-30H2,2H3,(H,32,33)/b20-6-. The second-order valence-electron chi connectivity index (χ2n) is 7.63. The Morgan fingerprint density at radius 3 is 2.64 bits per heavy atom. The molecule has 4 aromatic rings. The van der Waals surface area contributed by atoms with Gasteiger partial charge in [0.05, 0.1) is 11.4 Å². The van der Waals surface area contributed by atoms with Gasteiger partial charge in [-0.1, -0.05) is 36.9 Å². The first-order valence-electron chi connectivity index (χ1n) is 10.3. The maximum Gasteiger partial charge on any atom is 0.136 e. The number of rotatable bonds is 6. The number of benzene rings is 2. The molecule has 0 atom stereocenters. The van der Waals surface area contributed by atoms with Crippen LogP contribution in [0.25, 0.3) is 16.7 Å². The van der Waals surface area contributed by atoms with Crippen LogP contribution in [0.5, 0.6) is 0 Å². The minimum absolute atomic E-state index is 0.126. The van der Waals surface area contributed by atoms with Crippen LogP contribution in [-0.4, -0.2) is 15.0 Å². The number of hydrogen-bond acceptors (Lipinski definition) is 4. The number of nitrogens with two attached hydrogens (primary N) is 2. The highest BCUT2D eigenvalue weighted by atomic mass is 19.1. The minimum Gasteiger partial charge on any atom is -0.398 e. The summed E-state index contributed by atoms with van der Waals surface area (Å²) in [6.07, 6.45) is 6.45. The highest BCUT2D eigenvalue weighted by Crippen LogP contribution is 2.31. The SMILES string of the molecule is C=C/C=C(/c1ccccc1F)c1nc(Cc2c(N)ccc(-c3cncc(N)c3)c2F)[nH]c1C. The van der Waals surface area contributed by atoms with E-state index in [0.29, 0.717) is 50.7 Å². The molecule has 33 heavy (non-hydrogen) atoms. The number of halogens is 2. The van der Waals surface area contributed by atoms with Crippen molar-refractivity contribution in [3.63, 3.8) is 0 Å². The van der Waals surface area contributed by atoms with Gasteiger partial charge in [-0.3, -0.25) is 4.98 Å². The molecule has 0 saturated carbocycles. The molecule has 0 aliphatic carbocycles. The molecule has 2 heterocycles. The molecule has 2 aromatic carbocycles. The molecular weight excluding hydrogens is 420 g/mol. The average Bonchev–Trinajstić information content (AvgIpc) is 3.15. The third-order valence-corrected chi connectivity index (χ3v) is 5.33. The predicted molar refractivity (Wildman–Crippen MR) is 128 cm³/mol. The number of allylic oxidation sites excluding steroid dienone is 2. The van der Waals surface area contributed by atoms with Crippen molar-refractivity contribution in [1.29, 1.82) is 0 Å². The molecule has 0 unspecified atom stereocenters. The molecule has 166 valence electrons. The molecule has 0 fully saturated rings. The Kier molecular flexibility index (Phi) is 6.04. The fourth-order valence-corrected chi connectivity index (χ4v) is 3.77. The lowest BCUT2D eigenvalue weighted by Gasteiger charge is -2.11. The van der Waals surface area contributed by atoms with Crippen molar-refractivity contribution in [3.05, 3.63) is 114 Å². The zero-order valence-corrected chi connectivity index (χ0v) is 18.1. The number of nitrogens with zero attached hydrogens (tertiary/aromatic N) is 2. The van der Waals surface area contributed by atoms with Gasteiger partial charge in [-0.2, -0.15) is 0 Å². The Morgan fingerprint density at radius 2 is 1.91 bits per heavy atom. The molecule has 0 amide bonds. The maximum atomic E-state index is 15.5. The van der Waals surface area contributed by atoms with E-state index in [4.69, 9.17) is 11.5 Å². The third-order valence-electron chi connectivity index (χ3n) is 5.33. The first kappa shape index (κ1) is 22.0. The van der Waals surface area contributed by atoms with Crippen molar-refractivity contribution in [2.75, 3.05) is 11.5 Å². The average molecular weight is 444 g/mol. The van der Waals surface area contributed by atoms with Crippen LogP contribution in [0.15, 0.2) is 73.6 Å². The van der Waals surface area contributed by atoms with Gasteiger partial charge in [-0.05, 0) is 31.2 Å². The van der Waals surface area contributed by atoms with Crippen molar-refractivity contribution in [2.45, 2.75) is 13.3 Å². The molecule has 0 spiro atoms. The van der Waals surface area contributed by atoms with Crippen LogP contribution >= 0.6 is 0 Å². The highest BCUT2D eigenvalue weighted by molar-refractivity contribution is 5.80. The topological polar surface area (TPSA) is 93.6 Å². The van der Waals surface area contributed by atoms with E-state index in [1.807, 2.05) is 6.92 Å². The van der Waals surface area contributed by atoms with Crippen molar-refractivity contribution >= 4 is 16.9 Å². The molecule has 5 N–H and O–H groups in total. The molecule has 0 aliphatic rings. The smallest absolute Gasteiger partial charge is 0.136 e. The van der Waals surface area contributed by atoms with Crippen LogP contribution in [0.3, 0.4) is 0 Å². The van der Waals surface area contributed by atoms with Gasteiger partial charge in [0.1, 0.15) is 17.5 Å². The fraction of sp³-hybridized carbons (Fsp3) is 0.0769. The van der Waals surface area contributed by atoms with Gasteiger partial charge < -0.3 is 16.5 Å². The summed E-state index contributed by atoms with van der Waals surface area (Å²) in [5.41, 5.74) is 16.1. The molecule has 5 nitrogen and oxygen atoms in total. The number of anilines is 2. The fourth-order valence-electron chi connectivity index (χ4n) is 3.77. The van der Waals surface area contributed by atoms with Gasteiger partial charge in [-0.25, -0.2) is 13.8 Å².